The van der Waals surface area contributed by atoms with Gasteiger partial charge in [-0.2, -0.15) is 0 Å². The minimum Gasteiger partial charge on any atom is -0.478 e. The Morgan fingerprint density at radius 3 is 2.48 bits per heavy atom. The van der Waals surface area contributed by atoms with Crippen molar-refractivity contribution in [1.82, 2.24) is 4.90 Å². The van der Waals surface area contributed by atoms with E-state index in [9.17, 15) is 9.59 Å². The van der Waals surface area contributed by atoms with Gasteiger partial charge >= 0.3 is 12.0 Å². The van der Waals surface area contributed by atoms with Crippen LogP contribution < -0.4 is 5.32 Å². The average molecular weight is 311 g/mol. The van der Waals surface area contributed by atoms with Crippen LogP contribution >= 0.6 is 11.6 Å². The van der Waals surface area contributed by atoms with E-state index in [0.29, 0.717) is 23.8 Å². The number of nitrogens with one attached hydrogen (secondary N) is 1. The van der Waals surface area contributed by atoms with E-state index in [0.717, 1.165) is 12.8 Å². The summed E-state index contributed by atoms with van der Waals surface area (Å²) in [6.07, 6.45) is 1.90. The number of urea groups is 1. The molecule has 0 unspecified atom stereocenters. The van der Waals surface area contributed by atoms with Crippen molar-refractivity contribution >= 4 is 29.3 Å². The maximum Gasteiger partial charge on any atom is 0.335 e. The minimum atomic E-state index is -1.05. The summed E-state index contributed by atoms with van der Waals surface area (Å²) >= 11 is 6.00. The van der Waals surface area contributed by atoms with Crippen LogP contribution in [0.3, 0.4) is 0 Å². The molecule has 1 heterocycles. The smallest absolute Gasteiger partial charge is 0.335 e. The van der Waals surface area contributed by atoms with Crippen molar-refractivity contribution in [2.75, 3.05) is 18.4 Å². The number of aromatic carboxylic acids is 1. The lowest BCUT2D eigenvalue weighted by Gasteiger charge is -2.36. The number of rotatable bonds is 2. The molecule has 0 saturated carbocycles. The summed E-state index contributed by atoms with van der Waals surface area (Å²) in [6.45, 7) is 5.76. The first-order chi connectivity index (χ1) is 9.78. The highest BCUT2D eigenvalue weighted by molar-refractivity contribution is 6.33. The van der Waals surface area contributed by atoms with Gasteiger partial charge in [0.15, 0.2) is 0 Å². The average Bonchev–Trinajstić information content (AvgIpc) is 2.40. The maximum absolute atomic E-state index is 12.2. The molecule has 0 spiro atoms. The molecular weight excluding hydrogens is 292 g/mol. The number of likely N-dealkylation sites (tertiary alicyclic amines) is 1. The molecule has 1 saturated heterocycles. The molecule has 2 amide bonds. The van der Waals surface area contributed by atoms with Crippen LogP contribution in [0.25, 0.3) is 0 Å². The van der Waals surface area contributed by atoms with E-state index in [-0.39, 0.29) is 17.0 Å². The first-order valence-electron chi connectivity index (χ1n) is 6.87. The van der Waals surface area contributed by atoms with Crippen LogP contribution in [0.5, 0.6) is 0 Å². The van der Waals surface area contributed by atoms with Crippen molar-refractivity contribution in [2.24, 2.45) is 5.41 Å². The van der Waals surface area contributed by atoms with E-state index in [1.807, 2.05) is 0 Å². The Morgan fingerprint density at radius 2 is 1.90 bits per heavy atom. The van der Waals surface area contributed by atoms with Crippen LogP contribution in [0.15, 0.2) is 18.2 Å². The molecule has 0 aliphatic carbocycles. The van der Waals surface area contributed by atoms with Gasteiger partial charge in [0.25, 0.3) is 0 Å². The standard InChI is InChI=1S/C15H19ClN2O3/c1-15(2)5-7-18(8-6-15)14(21)17-12-9-10(13(19)20)3-4-11(12)16/h3-4,9H,5-8H2,1-2H3,(H,17,21)(H,19,20). The zero-order valence-electron chi connectivity index (χ0n) is 12.1. The zero-order valence-corrected chi connectivity index (χ0v) is 12.9. The second-order valence-corrected chi connectivity index (χ2v) is 6.49. The predicted molar refractivity (Wildman–Crippen MR) is 82.0 cm³/mol. The summed E-state index contributed by atoms with van der Waals surface area (Å²) in [4.78, 5) is 24.9. The molecule has 1 aliphatic heterocycles. The molecule has 0 aromatic heterocycles. The van der Waals surface area contributed by atoms with E-state index in [4.69, 9.17) is 16.7 Å². The molecule has 2 rings (SSSR count). The number of carboxylic acids is 1. The van der Waals surface area contributed by atoms with Gasteiger partial charge in [-0.3, -0.25) is 0 Å². The topological polar surface area (TPSA) is 69.6 Å². The lowest BCUT2D eigenvalue weighted by atomic mass is 9.83. The third-order valence-electron chi connectivity index (χ3n) is 3.86. The van der Waals surface area contributed by atoms with E-state index in [2.05, 4.69) is 19.2 Å². The van der Waals surface area contributed by atoms with Crippen molar-refractivity contribution in [3.05, 3.63) is 28.8 Å². The third kappa shape index (κ3) is 3.88. The zero-order chi connectivity index (χ0) is 15.6. The number of nitrogens with zero attached hydrogens (tertiary/aromatic N) is 1. The van der Waals surface area contributed by atoms with Crippen LogP contribution in [0, 0.1) is 5.41 Å². The molecule has 1 fully saturated rings. The fraction of sp³-hybridized carbons (Fsp3) is 0.467. The molecule has 0 atom stereocenters. The summed E-state index contributed by atoms with van der Waals surface area (Å²) in [5.74, 6) is -1.05. The Bertz CT molecular complexity index is 562. The van der Waals surface area contributed by atoms with Crippen molar-refractivity contribution < 1.29 is 14.7 Å². The first kappa shape index (κ1) is 15.6. The number of hydrogen-bond acceptors (Lipinski definition) is 2. The van der Waals surface area contributed by atoms with E-state index >= 15 is 0 Å². The first-order valence-corrected chi connectivity index (χ1v) is 7.25. The van der Waals surface area contributed by atoms with Crippen LogP contribution in [-0.2, 0) is 0 Å². The number of carbonyl (C=O) groups is 2. The van der Waals surface area contributed by atoms with Gasteiger partial charge in [-0.05, 0) is 36.5 Å². The molecule has 114 valence electrons. The molecule has 1 aromatic rings. The summed E-state index contributed by atoms with van der Waals surface area (Å²) in [7, 11) is 0. The molecule has 21 heavy (non-hydrogen) atoms. The van der Waals surface area contributed by atoms with E-state index in [1.165, 1.54) is 18.2 Å². The normalized spacial score (nSPS) is 17.4. The summed E-state index contributed by atoms with van der Waals surface area (Å²) < 4.78 is 0. The highest BCUT2D eigenvalue weighted by Crippen LogP contribution is 2.30. The van der Waals surface area contributed by atoms with Gasteiger partial charge in [-0.1, -0.05) is 25.4 Å². The Labute approximate surface area is 128 Å². The van der Waals surface area contributed by atoms with Crippen molar-refractivity contribution in [2.45, 2.75) is 26.7 Å². The lowest BCUT2D eigenvalue weighted by Crippen LogP contribution is -2.43. The molecule has 2 N–H and O–H groups in total. The number of halogens is 1. The van der Waals surface area contributed by atoms with Crippen LogP contribution in [0.2, 0.25) is 5.02 Å². The molecule has 6 heteroatoms. The van der Waals surface area contributed by atoms with Crippen molar-refractivity contribution in [3.63, 3.8) is 0 Å². The number of amides is 2. The third-order valence-corrected chi connectivity index (χ3v) is 4.19. The van der Waals surface area contributed by atoms with Crippen LogP contribution in [0.4, 0.5) is 10.5 Å². The molecule has 1 aliphatic rings. The summed E-state index contributed by atoms with van der Waals surface area (Å²) in [6, 6.07) is 4.01. The largest absolute Gasteiger partial charge is 0.478 e. The van der Waals surface area contributed by atoms with E-state index in [1.54, 1.807) is 4.90 Å². The van der Waals surface area contributed by atoms with Gasteiger partial charge in [-0.15, -0.1) is 0 Å². The van der Waals surface area contributed by atoms with Crippen LogP contribution in [-0.4, -0.2) is 35.1 Å². The van der Waals surface area contributed by atoms with Gasteiger partial charge in [0.2, 0.25) is 0 Å². The number of carbonyl (C=O) groups excluding carboxylic acids is 1. The van der Waals surface area contributed by atoms with Crippen LogP contribution in [0.1, 0.15) is 37.0 Å². The van der Waals surface area contributed by atoms with Crippen molar-refractivity contribution in [3.8, 4) is 0 Å². The molecular formula is C15H19ClN2O3. The fourth-order valence-electron chi connectivity index (χ4n) is 2.26. The SMILES string of the molecule is CC1(C)CCN(C(=O)Nc2cc(C(=O)O)ccc2Cl)CC1. The second-order valence-electron chi connectivity index (χ2n) is 6.08. The highest BCUT2D eigenvalue weighted by atomic mass is 35.5. The molecule has 1 aromatic carbocycles. The minimum absolute atomic E-state index is 0.0921. The number of carboxylic acid groups (broad SMARTS) is 1. The number of anilines is 1. The molecule has 0 bridgehead atoms. The maximum atomic E-state index is 12.2. The van der Waals surface area contributed by atoms with Gasteiger partial charge in [0.05, 0.1) is 16.3 Å². The Kier molecular flexibility index (Phi) is 4.42. The molecule has 0 radical (unpaired) electrons. The molecule has 5 nitrogen and oxygen atoms in total. The monoisotopic (exact) mass is 310 g/mol. The number of benzene rings is 1. The Hall–Kier alpha value is -1.75. The number of hydrogen-bond donors (Lipinski definition) is 2. The summed E-state index contributed by atoms with van der Waals surface area (Å²) in [5.41, 5.74) is 0.679. The van der Waals surface area contributed by atoms with Gasteiger partial charge in [-0.25, -0.2) is 9.59 Å². The quantitative estimate of drug-likeness (QED) is 0.875. The van der Waals surface area contributed by atoms with E-state index < -0.39 is 5.97 Å². The van der Waals surface area contributed by atoms with Gasteiger partial charge < -0.3 is 15.3 Å². The fourth-order valence-corrected chi connectivity index (χ4v) is 2.43. The Morgan fingerprint density at radius 1 is 1.29 bits per heavy atom. The number of piperidine rings is 1. The van der Waals surface area contributed by atoms with Crippen molar-refractivity contribution in [1.29, 1.82) is 0 Å². The predicted octanol–water partition coefficient (Wildman–Crippen LogP) is 3.69. The Balaban J connectivity index is 2.06. The second kappa shape index (κ2) is 5.93. The lowest BCUT2D eigenvalue weighted by molar-refractivity contribution is 0.0697. The van der Waals surface area contributed by atoms with Gasteiger partial charge in [0.1, 0.15) is 0 Å². The summed E-state index contributed by atoms with van der Waals surface area (Å²) in [5, 5.41) is 12.0. The van der Waals surface area contributed by atoms with Gasteiger partial charge in [0, 0.05) is 13.1 Å². The highest BCUT2D eigenvalue weighted by Gasteiger charge is 2.28.